The number of benzene rings is 2. The zero-order chi connectivity index (χ0) is 27.2. The van der Waals surface area contributed by atoms with Gasteiger partial charge in [-0.15, -0.1) is 0 Å². The fraction of sp³-hybridized carbons (Fsp3) is 0.462. The van der Waals surface area contributed by atoms with E-state index in [0.717, 1.165) is 23.3 Å². The molecule has 12 heteroatoms. The number of nitrogens with zero attached hydrogens (tertiary/aromatic N) is 4. The van der Waals surface area contributed by atoms with Crippen molar-refractivity contribution in [2.45, 2.75) is 18.4 Å². The predicted octanol–water partition coefficient (Wildman–Crippen LogP) is 3.17. The summed E-state index contributed by atoms with van der Waals surface area (Å²) in [7, 11) is -1.54. The summed E-state index contributed by atoms with van der Waals surface area (Å²) < 4.78 is 30.7. The number of rotatable bonds is 4. The molecule has 3 heterocycles. The molecule has 0 radical (unpaired) electrons. The van der Waals surface area contributed by atoms with Crippen molar-refractivity contribution in [1.29, 1.82) is 0 Å². The van der Waals surface area contributed by atoms with E-state index in [1.54, 1.807) is 39.9 Å². The molecule has 0 aliphatic carbocycles. The Balaban J connectivity index is 1.38. The summed E-state index contributed by atoms with van der Waals surface area (Å²) in [5.74, 6) is 0.495. The van der Waals surface area contributed by atoms with Crippen LogP contribution in [0.1, 0.15) is 27.4 Å². The van der Waals surface area contributed by atoms with E-state index in [4.69, 9.17) is 27.9 Å². The van der Waals surface area contributed by atoms with Gasteiger partial charge in [0.1, 0.15) is 5.75 Å². The first-order valence-electron chi connectivity index (χ1n) is 12.5. The monoisotopic (exact) mass is 580 g/mol. The van der Waals surface area contributed by atoms with Crippen LogP contribution >= 0.6 is 23.2 Å². The highest BCUT2D eigenvalue weighted by molar-refractivity contribution is 7.88. The predicted molar refractivity (Wildman–Crippen MR) is 146 cm³/mol. The number of amides is 3. The number of hydrogen-bond donors (Lipinski definition) is 0. The highest BCUT2D eigenvalue weighted by Crippen LogP contribution is 2.36. The van der Waals surface area contributed by atoms with Gasteiger partial charge in [0, 0.05) is 64.2 Å². The summed E-state index contributed by atoms with van der Waals surface area (Å²) in [6.45, 7) is 2.50. The number of likely N-dealkylation sites (tertiary alicyclic amines) is 1. The van der Waals surface area contributed by atoms with Crippen LogP contribution in [-0.4, -0.2) is 105 Å². The van der Waals surface area contributed by atoms with E-state index >= 15 is 0 Å². The molecule has 3 aliphatic heterocycles. The van der Waals surface area contributed by atoms with E-state index in [1.807, 2.05) is 18.2 Å². The number of ether oxygens (including phenoxy) is 1. The molecule has 0 bridgehead atoms. The molecule has 204 valence electrons. The highest BCUT2D eigenvalue weighted by atomic mass is 35.5. The van der Waals surface area contributed by atoms with Crippen molar-refractivity contribution < 1.29 is 22.7 Å². The largest absolute Gasteiger partial charge is 0.493 e. The van der Waals surface area contributed by atoms with Gasteiger partial charge < -0.3 is 19.4 Å². The van der Waals surface area contributed by atoms with E-state index in [0.29, 0.717) is 48.4 Å². The van der Waals surface area contributed by atoms with E-state index in [1.165, 1.54) is 10.6 Å². The van der Waals surface area contributed by atoms with E-state index in [-0.39, 0.29) is 37.0 Å². The van der Waals surface area contributed by atoms with E-state index in [2.05, 4.69) is 0 Å². The SMILES string of the molecule is CN(C(=O)c1ccc2c(c1)CCO2)[C@@H]1CN(C(=O)N2CCN(S(C)(=O)=O)CC2)CC1c1ccc(Cl)c(Cl)c1. The molecule has 0 spiro atoms. The summed E-state index contributed by atoms with van der Waals surface area (Å²) in [5.41, 5.74) is 2.48. The third kappa shape index (κ3) is 5.32. The Kier molecular flexibility index (Phi) is 7.52. The topological polar surface area (TPSA) is 90.5 Å². The minimum atomic E-state index is -3.30. The first kappa shape index (κ1) is 27.1. The molecule has 3 amide bonds. The van der Waals surface area contributed by atoms with Gasteiger partial charge >= 0.3 is 6.03 Å². The third-order valence-corrected chi connectivity index (χ3v) is 9.71. The summed E-state index contributed by atoms with van der Waals surface area (Å²) in [5, 5.41) is 0.851. The van der Waals surface area contributed by atoms with Gasteiger partial charge in [-0.1, -0.05) is 29.3 Å². The molecule has 2 aromatic carbocycles. The average molecular weight is 582 g/mol. The fourth-order valence-corrected chi connectivity index (χ4v) is 6.62. The quantitative estimate of drug-likeness (QED) is 0.554. The normalized spacial score (nSPS) is 21.8. The molecule has 2 aromatic rings. The van der Waals surface area contributed by atoms with Crippen molar-refractivity contribution in [2.24, 2.45) is 0 Å². The van der Waals surface area contributed by atoms with Gasteiger partial charge in [-0.25, -0.2) is 13.2 Å². The molecular weight excluding hydrogens is 551 g/mol. The zero-order valence-electron chi connectivity index (χ0n) is 21.3. The molecule has 0 saturated carbocycles. The third-order valence-electron chi connectivity index (χ3n) is 7.66. The number of piperazine rings is 1. The van der Waals surface area contributed by atoms with Gasteiger partial charge in [0.25, 0.3) is 5.91 Å². The lowest BCUT2D eigenvalue weighted by molar-refractivity contribution is 0.0723. The minimum Gasteiger partial charge on any atom is -0.493 e. The van der Waals surface area contributed by atoms with Crippen molar-refractivity contribution in [3.05, 3.63) is 63.1 Å². The number of halogens is 2. The van der Waals surface area contributed by atoms with Gasteiger partial charge in [-0.3, -0.25) is 4.79 Å². The maximum atomic E-state index is 13.6. The Bertz CT molecular complexity index is 1360. The van der Waals surface area contributed by atoms with Crippen molar-refractivity contribution in [3.63, 3.8) is 0 Å². The van der Waals surface area contributed by atoms with Crippen LogP contribution in [0.15, 0.2) is 36.4 Å². The summed E-state index contributed by atoms with van der Waals surface area (Å²) >= 11 is 12.5. The first-order chi connectivity index (χ1) is 18.0. The number of hydrogen-bond acceptors (Lipinski definition) is 5. The van der Waals surface area contributed by atoms with Crippen molar-refractivity contribution in [3.8, 4) is 5.75 Å². The number of urea groups is 1. The molecule has 2 fully saturated rings. The van der Waals surface area contributed by atoms with E-state index in [9.17, 15) is 18.0 Å². The Hall–Kier alpha value is -2.53. The maximum absolute atomic E-state index is 13.6. The van der Waals surface area contributed by atoms with Crippen LogP contribution in [0, 0.1) is 0 Å². The average Bonchev–Trinajstić information content (AvgIpc) is 3.55. The number of fused-ring (bicyclic) bond motifs is 1. The van der Waals surface area contributed by atoms with Crippen LogP contribution in [0.4, 0.5) is 4.79 Å². The Labute approximate surface area is 232 Å². The van der Waals surface area contributed by atoms with Gasteiger partial charge in [0.2, 0.25) is 10.0 Å². The Morgan fingerprint density at radius 2 is 1.71 bits per heavy atom. The first-order valence-corrected chi connectivity index (χ1v) is 15.1. The lowest BCUT2D eigenvalue weighted by Gasteiger charge is -2.35. The van der Waals surface area contributed by atoms with Crippen LogP contribution in [0.5, 0.6) is 5.75 Å². The van der Waals surface area contributed by atoms with Crippen LogP contribution in [0.2, 0.25) is 10.0 Å². The number of sulfonamides is 1. The molecule has 5 rings (SSSR count). The molecule has 0 N–H and O–H groups in total. The molecule has 3 aliphatic rings. The molecular formula is C26H30Cl2N4O5S. The summed E-state index contributed by atoms with van der Waals surface area (Å²) in [6, 6.07) is 10.4. The van der Waals surface area contributed by atoms with Crippen molar-refractivity contribution in [1.82, 2.24) is 19.0 Å². The minimum absolute atomic E-state index is 0.133. The smallest absolute Gasteiger partial charge is 0.320 e. The second-order valence-corrected chi connectivity index (χ2v) is 12.8. The zero-order valence-corrected chi connectivity index (χ0v) is 23.6. The van der Waals surface area contributed by atoms with Crippen molar-refractivity contribution in [2.75, 3.05) is 59.2 Å². The standard InChI is InChI=1S/C26H30Cl2N4O5S/c1-29(25(33)19-4-6-24-18(13-19)7-12-37-24)23-16-31(15-20(23)17-3-5-21(27)22(28)14-17)26(34)30-8-10-32(11-9-30)38(2,35)36/h3-6,13-14,20,23H,7-12,15-16H2,1-2H3/t20?,23-/m1/s1. The van der Waals surface area contributed by atoms with Gasteiger partial charge in [-0.2, -0.15) is 4.31 Å². The maximum Gasteiger partial charge on any atom is 0.320 e. The van der Waals surface area contributed by atoms with Crippen LogP contribution in [0.25, 0.3) is 0 Å². The number of likely N-dealkylation sites (N-methyl/N-ethyl adjacent to an activating group) is 1. The number of carbonyl (C=O) groups excluding carboxylic acids is 2. The molecule has 2 atom stereocenters. The summed E-state index contributed by atoms with van der Waals surface area (Å²) in [6.07, 6.45) is 1.95. The second-order valence-electron chi connectivity index (χ2n) is 10.0. The lowest BCUT2D eigenvalue weighted by atomic mass is 9.93. The highest BCUT2D eigenvalue weighted by Gasteiger charge is 2.42. The Morgan fingerprint density at radius 1 is 0.974 bits per heavy atom. The molecule has 2 saturated heterocycles. The van der Waals surface area contributed by atoms with Gasteiger partial charge in [0.05, 0.1) is 28.9 Å². The molecule has 9 nitrogen and oxygen atoms in total. The summed E-state index contributed by atoms with van der Waals surface area (Å²) in [4.78, 5) is 32.2. The van der Waals surface area contributed by atoms with Crippen LogP contribution in [0.3, 0.4) is 0 Å². The molecule has 38 heavy (non-hydrogen) atoms. The van der Waals surface area contributed by atoms with Crippen molar-refractivity contribution >= 4 is 45.2 Å². The van der Waals surface area contributed by atoms with Gasteiger partial charge in [-0.05, 0) is 41.5 Å². The van der Waals surface area contributed by atoms with Crippen LogP contribution < -0.4 is 4.74 Å². The van der Waals surface area contributed by atoms with Crippen LogP contribution in [-0.2, 0) is 16.4 Å². The van der Waals surface area contributed by atoms with Gasteiger partial charge in [0.15, 0.2) is 0 Å². The molecule has 0 aromatic heterocycles. The second kappa shape index (κ2) is 10.6. The fourth-order valence-electron chi connectivity index (χ4n) is 5.49. The Morgan fingerprint density at radius 3 is 2.39 bits per heavy atom. The lowest BCUT2D eigenvalue weighted by Crippen LogP contribution is -2.53. The number of carbonyl (C=O) groups is 2. The van der Waals surface area contributed by atoms with E-state index < -0.39 is 10.0 Å². The molecule has 1 unspecified atom stereocenters.